The predicted octanol–water partition coefficient (Wildman–Crippen LogP) is 2.15. The first-order valence-electron chi connectivity index (χ1n) is 10.8. The van der Waals surface area contributed by atoms with Crippen LogP contribution in [0.2, 0.25) is 0 Å². The molecule has 2 amide bonds. The highest BCUT2D eigenvalue weighted by Crippen LogP contribution is 2.35. The van der Waals surface area contributed by atoms with Crippen LogP contribution in [0.1, 0.15) is 13.8 Å². The van der Waals surface area contributed by atoms with E-state index in [0.29, 0.717) is 11.4 Å². The number of ether oxygens (including phenoxy) is 2. The average Bonchev–Trinajstić information content (AvgIpc) is 3.37. The van der Waals surface area contributed by atoms with Gasteiger partial charge in [0.25, 0.3) is 11.8 Å². The Balaban J connectivity index is 1.80. The summed E-state index contributed by atoms with van der Waals surface area (Å²) in [5, 5.41) is 10.5. The summed E-state index contributed by atoms with van der Waals surface area (Å²) in [6, 6.07) is 16.9. The summed E-state index contributed by atoms with van der Waals surface area (Å²) in [6.07, 6.45) is 0. The fourth-order valence-electron chi connectivity index (χ4n) is 3.79. The Kier molecular flexibility index (Phi) is 6.48. The summed E-state index contributed by atoms with van der Waals surface area (Å²) in [6.45, 7) is 3.31. The summed E-state index contributed by atoms with van der Waals surface area (Å²) in [7, 11) is 0. The van der Waals surface area contributed by atoms with E-state index in [2.05, 4.69) is 10.2 Å². The second-order valence-corrected chi connectivity index (χ2v) is 7.34. The molecule has 0 fully saturated rings. The van der Waals surface area contributed by atoms with Crippen molar-refractivity contribution in [2.24, 2.45) is 22.0 Å². The molecule has 2 heterocycles. The standard InChI is InChI=1S/C24H22N4O6/c1-3-33-23(31)19-17(21(29)27(25-19)15-11-7-5-8-12-15)18-20(24(32)34-4-2)26-28(22(18)30)16-13-9-6-10-14-16/h5-14,17-18H,3-4H2,1-2H3/t17-,18-/m0/s1. The molecule has 2 aromatic rings. The number of amides is 2. The number of anilines is 2. The quantitative estimate of drug-likeness (QED) is 0.582. The molecule has 0 radical (unpaired) electrons. The van der Waals surface area contributed by atoms with Crippen LogP contribution in [0.3, 0.4) is 0 Å². The van der Waals surface area contributed by atoms with Gasteiger partial charge in [-0.1, -0.05) is 36.4 Å². The van der Waals surface area contributed by atoms with Crippen molar-refractivity contribution in [1.29, 1.82) is 0 Å². The van der Waals surface area contributed by atoms with Crippen LogP contribution in [-0.4, -0.2) is 48.4 Å². The molecule has 10 heteroatoms. The van der Waals surface area contributed by atoms with Crippen molar-refractivity contribution in [3.8, 4) is 0 Å². The van der Waals surface area contributed by atoms with Crippen LogP contribution in [0.5, 0.6) is 0 Å². The first-order chi connectivity index (χ1) is 16.5. The molecular formula is C24H22N4O6. The number of esters is 2. The Bertz CT molecular complexity index is 1080. The second-order valence-electron chi connectivity index (χ2n) is 7.34. The molecule has 4 rings (SSSR count). The fraction of sp³-hybridized carbons (Fsp3) is 0.250. The first kappa shape index (κ1) is 22.8. The highest BCUT2D eigenvalue weighted by atomic mass is 16.5. The molecule has 0 bridgehead atoms. The van der Waals surface area contributed by atoms with Crippen LogP contribution < -0.4 is 10.0 Å². The van der Waals surface area contributed by atoms with Gasteiger partial charge >= 0.3 is 11.9 Å². The third-order valence-corrected chi connectivity index (χ3v) is 5.26. The van der Waals surface area contributed by atoms with Crippen molar-refractivity contribution in [3.05, 3.63) is 60.7 Å². The van der Waals surface area contributed by atoms with E-state index < -0.39 is 35.6 Å². The Morgan fingerprint density at radius 3 is 1.38 bits per heavy atom. The molecular weight excluding hydrogens is 440 g/mol. The van der Waals surface area contributed by atoms with Crippen molar-refractivity contribution in [2.45, 2.75) is 13.8 Å². The minimum atomic E-state index is -1.41. The van der Waals surface area contributed by atoms with Gasteiger partial charge in [0.15, 0.2) is 11.4 Å². The van der Waals surface area contributed by atoms with Crippen LogP contribution in [0, 0.1) is 11.8 Å². The van der Waals surface area contributed by atoms with Crippen LogP contribution in [0.25, 0.3) is 0 Å². The number of carbonyl (C=O) groups excluding carboxylic acids is 4. The largest absolute Gasteiger partial charge is 0.461 e. The molecule has 0 saturated heterocycles. The van der Waals surface area contributed by atoms with Gasteiger partial charge in [0.2, 0.25) is 0 Å². The van der Waals surface area contributed by atoms with E-state index in [4.69, 9.17) is 9.47 Å². The predicted molar refractivity (Wildman–Crippen MR) is 123 cm³/mol. The minimum absolute atomic E-state index is 0.0394. The van der Waals surface area contributed by atoms with E-state index in [0.717, 1.165) is 10.0 Å². The number of hydrogen-bond donors (Lipinski definition) is 0. The number of para-hydroxylation sites is 2. The number of hydrazone groups is 2. The molecule has 2 atom stereocenters. The first-order valence-corrected chi connectivity index (χ1v) is 10.8. The van der Waals surface area contributed by atoms with Crippen molar-refractivity contribution in [2.75, 3.05) is 23.2 Å². The van der Waals surface area contributed by atoms with Crippen LogP contribution >= 0.6 is 0 Å². The Morgan fingerprint density at radius 2 is 1.06 bits per heavy atom. The summed E-state index contributed by atoms with van der Waals surface area (Å²) >= 11 is 0. The summed E-state index contributed by atoms with van der Waals surface area (Å²) in [5.74, 6) is -5.84. The smallest absolute Gasteiger partial charge is 0.355 e. The van der Waals surface area contributed by atoms with Crippen molar-refractivity contribution in [1.82, 2.24) is 0 Å². The zero-order valence-electron chi connectivity index (χ0n) is 18.6. The maximum atomic E-state index is 13.6. The highest BCUT2D eigenvalue weighted by Gasteiger charge is 2.55. The Morgan fingerprint density at radius 1 is 0.706 bits per heavy atom. The van der Waals surface area contributed by atoms with E-state index in [1.807, 2.05) is 0 Å². The number of hydrogen-bond acceptors (Lipinski definition) is 8. The highest BCUT2D eigenvalue weighted by molar-refractivity contribution is 6.50. The molecule has 0 spiro atoms. The maximum absolute atomic E-state index is 13.6. The van der Waals surface area contributed by atoms with Crippen molar-refractivity contribution in [3.63, 3.8) is 0 Å². The van der Waals surface area contributed by atoms with Crippen LogP contribution in [-0.2, 0) is 28.7 Å². The van der Waals surface area contributed by atoms with Crippen LogP contribution in [0.4, 0.5) is 11.4 Å². The van der Waals surface area contributed by atoms with Crippen molar-refractivity contribution >= 4 is 46.6 Å². The van der Waals surface area contributed by atoms with Gasteiger partial charge in [-0.25, -0.2) is 9.59 Å². The third-order valence-electron chi connectivity index (χ3n) is 5.26. The second kappa shape index (κ2) is 9.65. The van der Waals surface area contributed by atoms with Gasteiger partial charge in [-0.3, -0.25) is 9.59 Å². The zero-order chi connectivity index (χ0) is 24.2. The van der Waals surface area contributed by atoms with Gasteiger partial charge in [-0.2, -0.15) is 20.2 Å². The lowest BCUT2D eigenvalue weighted by Gasteiger charge is -2.20. The lowest BCUT2D eigenvalue weighted by Crippen LogP contribution is -2.45. The number of carbonyl (C=O) groups is 4. The number of rotatable bonds is 7. The lowest BCUT2D eigenvalue weighted by atomic mass is 9.83. The zero-order valence-corrected chi connectivity index (χ0v) is 18.6. The molecule has 2 aliphatic rings. The monoisotopic (exact) mass is 462 g/mol. The summed E-state index contributed by atoms with van der Waals surface area (Å²) in [4.78, 5) is 52.7. The van der Waals surface area contributed by atoms with Gasteiger partial charge < -0.3 is 9.47 Å². The molecule has 174 valence electrons. The fourth-order valence-corrected chi connectivity index (χ4v) is 3.79. The van der Waals surface area contributed by atoms with Gasteiger partial charge in [-0.15, -0.1) is 0 Å². The van der Waals surface area contributed by atoms with Gasteiger partial charge in [-0.05, 0) is 38.1 Å². The van der Waals surface area contributed by atoms with Gasteiger partial charge in [0.1, 0.15) is 11.8 Å². The van der Waals surface area contributed by atoms with Gasteiger partial charge in [0, 0.05) is 0 Å². The molecule has 2 aliphatic heterocycles. The molecule has 0 unspecified atom stereocenters. The van der Waals surface area contributed by atoms with Crippen LogP contribution in [0.15, 0.2) is 70.9 Å². The third kappa shape index (κ3) is 4.05. The number of benzene rings is 2. The maximum Gasteiger partial charge on any atom is 0.355 e. The lowest BCUT2D eigenvalue weighted by molar-refractivity contribution is -0.137. The molecule has 2 aromatic carbocycles. The molecule has 34 heavy (non-hydrogen) atoms. The molecule has 0 aliphatic carbocycles. The van der Waals surface area contributed by atoms with E-state index in [-0.39, 0.29) is 24.6 Å². The SMILES string of the molecule is CCOC(=O)C1=NN(c2ccccc2)C(=O)[C@H]1[C@@H]1C(=O)N(c2ccccc2)N=C1C(=O)OCC. The summed E-state index contributed by atoms with van der Waals surface area (Å²) in [5.41, 5.74) is 0.246. The average molecular weight is 462 g/mol. The van der Waals surface area contributed by atoms with E-state index in [9.17, 15) is 19.2 Å². The Labute approximate surface area is 195 Å². The molecule has 0 N–H and O–H groups in total. The van der Waals surface area contributed by atoms with E-state index in [1.54, 1.807) is 74.5 Å². The molecule has 10 nitrogen and oxygen atoms in total. The minimum Gasteiger partial charge on any atom is -0.461 e. The van der Waals surface area contributed by atoms with E-state index in [1.165, 1.54) is 0 Å². The van der Waals surface area contributed by atoms with E-state index >= 15 is 0 Å². The molecule has 0 saturated carbocycles. The topological polar surface area (TPSA) is 118 Å². The number of nitrogens with zero attached hydrogens (tertiary/aromatic N) is 4. The normalized spacial score (nSPS) is 19.7. The Hall–Kier alpha value is -4.34. The van der Waals surface area contributed by atoms with Gasteiger partial charge in [0.05, 0.1) is 24.6 Å². The summed E-state index contributed by atoms with van der Waals surface area (Å²) < 4.78 is 10.2. The van der Waals surface area contributed by atoms with Crippen molar-refractivity contribution < 1.29 is 28.7 Å². The molecule has 0 aromatic heterocycles.